The lowest BCUT2D eigenvalue weighted by molar-refractivity contribution is -0.211. The van der Waals surface area contributed by atoms with Crippen LogP contribution in [0.3, 0.4) is 0 Å². The average molecular weight is 459 g/mol. The zero-order valence-electron chi connectivity index (χ0n) is 19.0. The Hall–Kier alpha value is -2.61. The van der Waals surface area contributed by atoms with E-state index in [2.05, 4.69) is 36.3 Å². The summed E-state index contributed by atoms with van der Waals surface area (Å²) in [5.74, 6) is -0.494. The minimum Gasteiger partial charge on any atom is -0.380 e. The number of nitrogens with two attached hydrogens (primary N) is 1. The van der Waals surface area contributed by atoms with Gasteiger partial charge in [-0.05, 0) is 48.9 Å². The van der Waals surface area contributed by atoms with Crippen LogP contribution in [-0.2, 0) is 16.6 Å². The van der Waals surface area contributed by atoms with Crippen LogP contribution in [0, 0.1) is 5.41 Å². The third-order valence-corrected chi connectivity index (χ3v) is 7.96. The number of alkyl halides is 3. The van der Waals surface area contributed by atoms with E-state index in [9.17, 15) is 18.0 Å². The highest BCUT2D eigenvalue weighted by Crippen LogP contribution is 2.66. The Morgan fingerprint density at radius 2 is 1.85 bits per heavy atom. The van der Waals surface area contributed by atoms with Crippen LogP contribution in [-0.4, -0.2) is 40.6 Å². The molecule has 33 heavy (non-hydrogen) atoms. The van der Waals surface area contributed by atoms with Gasteiger partial charge in [-0.25, -0.2) is 0 Å². The fourth-order valence-electron chi connectivity index (χ4n) is 6.25. The van der Waals surface area contributed by atoms with Crippen molar-refractivity contribution < 1.29 is 18.0 Å². The van der Waals surface area contributed by atoms with E-state index in [0.717, 1.165) is 11.3 Å². The lowest BCUT2D eigenvalue weighted by Gasteiger charge is -2.68. The van der Waals surface area contributed by atoms with Crippen molar-refractivity contribution in [1.29, 1.82) is 0 Å². The summed E-state index contributed by atoms with van der Waals surface area (Å²) in [5, 5.41) is 3.45. The van der Waals surface area contributed by atoms with E-state index in [1.807, 2.05) is 12.1 Å². The number of aromatic nitrogens is 1. The van der Waals surface area contributed by atoms with Gasteiger partial charge in [-0.1, -0.05) is 38.1 Å². The molecular weight excluding hydrogens is 429 g/mol. The molecule has 0 spiro atoms. The zero-order chi connectivity index (χ0) is 23.8. The summed E-state index contributed by atoms with van der Waals surface area (Å²) >= 11 is 0. The molecule has 2 bridgehead atoms. The maximum absolute atomic E-state index is 14.0. The van der Waals surface area contributed by atoms with E-state index in [4.69, 9.17) is 5.73 Å². The standard InChI is InChI=1S/C25H29F3N4O/c1-22(2)17-7-5-4-6-15(17)10-19(22)31-16-8-9-18(30-11-16)20(25(26,27)28)32(3)21(33)23-12-24(29,13-23)14-23/h4-9,11,19-20,31H,10,12-14,29H2,1-3H3/t19-,20-,23?,24?/m0/s1. The molecule has 0 saturated heterocycles. The van der Waals surface area contributed by atoms with Crippen molar-refractivity contribution in [1.82, 2.24) is 9.88 Å². The van der Waals surface area contributed by atoms with Crippen LogP contribution in [0.25, 0.3) is 0 Å². The lowest BCUT2D eigenvalue weighted by Crippen LogP contribution is -2.76. The molecule has 1 aromatic carbocycles. The monoisotopic (exact) mass is 458 g/mol. The lowest BCUT2D eigenvalue weighted by atomic mass is 9.39. The highest BCUT2D eigenvalue weighted by molar-refractivity contribution is 5.87. The summed E-state index contributed by atoms with van der Waals surface area (Å²) in [6.45, 7) is 4.32. The number of rotatable bonds is 5. The molecule has 1 aromatic heterocycles. The molecule has 176 valence electrons. The van der Waals surface area contributed by atoms with E-state index in [1.165, 1.54) is 30.4 Å². The number of pyridine rings is 1. The number of hydrogen-bond donors (Lipinski definition) is 2. The molecule has 3 saturated carbocycles. The molecular formula is C25H29F3N4O. The summed E-state index contributed by atoms with van der Waals surface area (Å²) in [6.07, 6.45) is -0.985. The van der Waals surface area contributed by atoms with Crippen LogP contribution in [0.2, 0.25) is 0 Å². The van der Waals surface area contributed by atoms with Gasteiger partial charge in [-0.3, -0.25) is 9.78 Å². The second-order valence-electron chi connectivity index (χ2n) is 10.8. The maximum Gasteiger partial charge on any atom is 0.414 e. The number of hydrogen-bond acceptors (Lipinski definition) is 4. The molecule has 6 rings (SSSR count). The van der Waals surface area contributed by atoms with Crippen molar-refractivity contribution in [2.24, 2.45) is 11.1 Å². The maximum atomic E-state index is 14.0. The van der Waals surface area contributed by atoms with Crippen LogP contribution >= 0.6 is 0 Å². The van der Waals surface area contributed by atoms with E-state index < -0.39 is 23.5 Å². The largest absolute Gasteiger partial charge is 0.414 e. The van der Waals surface area contributed by atoms with Crippen LogP contribution in [0.5, 0.6) is 0 Å². The van der Waals surface area contributed by atoms with Gasteiger partial charge in [-0.2, -0.15) is 13.2 Å². The predicted molar refractivity (Wildman–Crippen MR) is 120 cm³/mol. The Morgan fingerprint density at radius 3 is 2.39 bits per heavy atom. The normalized spacial score (nSPS) is 30.0. The summed E-state index contributed by atoms with van der Waals surface area (Å²) in [7, 11) is 1.22. The van der Waals surface area contributed by atoms with Crippen LogP contribution in [0.1, 0.15) is 56.0 Å². The third kappa shape index (κ3) is 3.41. The SMILES string of the molecule is CN(C(=O)C12CC(N)(C1)C2)[C@@H](c1ccc(N[C@H]2Cc3ccccc3C2(C)C)cn1)C(F)(F)F. The number of amides is 1. The van der Waals surface area contributed by atoms with Gasteiger partial charge in [0.15, 0.2) is 6.04 Å². The number of anilines is 1. The molecule has 2 aromatic rings. The van der Waals surface area contributed by atoms with Gasteiger partial charge in [-0.15, -0.1) is 0 Å². The van der Waals surface area contributed by atoms with Gasteiger partial charge in [0.05, 0.1) is 23.0 Å². The van der Waals surface area contributed by atoms with Gasteiger partial charge in [0.1, 0.15) is 0 Å². The number of nitrogens with one attached hydrogen (secondary N) is 1. The predicted octanol–water partition coefficient (Wildman–Crippen LogP) is 4.34. The van der Waals surface area contributed by atoms with Gasteiger partial charge >= 0.3 is 6.18 Å². The molecule has 4 aliphatic rings. The molecule has 3 fully saturated rings. The Kier molecular flexibility index (Phi) is 4.67. The van der Waals surface area contributed by atoms with E-state index >= 15 is 0 Å². The Bertz CT molecular complexity index is 1080. The fourth-order valence-corrected chi connectivity index (χ4v) is 6.25. The first-order valence-corrected chi connectivity index (χ1v) is 11.3. The zero-order valence-corrected chi connectivity index (χ0v) is 19.0. The van der Waals surface area contributed by atoms with Crippen molar-refractivity contribution in [3.63, 3.8) is 0 Å². The first kappa shape index (κ1) is 22.2. The minimum atomic E-state index is -4.63. The number of benzene rings is 1. The van der Waals surface area contributed by atoms with Crippen LogP contribution in [0.4, 0.5) is 18.9 Å². The molecule has 4 aliphatic carbocycles. The number of nitrogens with zero attached hydrogens (tertiary/aromatic N) is 2. The Morgan fingerprint density at radius 1 is 1.18 bits per heavy atom. The second kappa shape index (κ2) is 6.95. The van der Waals surface area contributed by atoms with E-state index in [-0.39, 0.29) is 22.7 Å². The Labute approximate surface area is 191 Å². The average Bonchev–Trinajstić information content (AvgIpc) is 2.95. The first-order valence-electron chi connectivity index (χ1n) is 11.3. The number of carbonyl (C=O) groups excluding carboxylic acids is 1. The van der Waals surface area contributed by atoms with Gasteiger partial charge in [0.2, 0.25) is 5.91 Å². The van der Waals surface area contributed by atoms with Crippen LogP contribution in [0.15, 0.2) is 42.6 Å². The van der Waals surface area contributed by atoms with Crippen molar-refractivity contribution in [3.05, 3.63) is 59.4 Å². The smallest absolute Gasteiger partial charge is 0.380 e. The highest BCUT2D eigenvalue weighted by Gasteiger charge is 2.71. The van der Waals surface area contributed by atoms with Gasteiger partial charge in [0, 0.05) is 24.0 Å². The Balaban J connectivity index is 1.33. The molecule has 8 heteroatoms. The molecule has 1 heterocycles. The first-order chi connectivity index (χ1) is 15.3. The van der Waals surface area contributed by atoms with Crippen molar-refractivity contribution in [2.75, 3.05) is 12.4 Å². The van der Waals surface area contributed by atoms with Crippen molar-refractivity contribution in [2.45, 2.75) is 68.7 Å². The number of fused-ring (bicyclic) bond motifs is 1. The molecule has 0 unspecified atom stereocenters. The molecule has 2 atom stereocenters. The van der Waals surface area contributed by atoms with Crippen molar-refractivity contribution in [3.8, 4) is 0 Å². The summed E-state index contributed by atoms with van der Waals surface area (Å²) in [5.41, 5.74) is 7.81. The summed E-state index contributed by atoms with van der Waals surface area (Å²) in [6, 6.07) is 9.27. The van der Waals surface area contributed by atoms with Crippen molar-refractivity contribution >= 4 is 11.6 Å². The van der Waals surface area contributed by atoms with Gasteiger partial charge in [0.25, 0.3) is 0 Å². The molecule has 3 N–H and O–H groups in total. The fraction of sp³-hybridized carbons (Fsp3) is 0.520. The molecule has 5 nitrogen and oxygen atoms in total. The highest BCUT2D eigenvalue weighted by atomic mass is 19.4. The van der Waals surface area contributed by atoms with E-state index in [0.29, 0.717) is 24.9 Å². The third-order valence-electron chi connectivity index (χ3n) is 7.96. The van der Waals surface area contributed by atoms with Crippen LogP contribution < -0.4 is 11.1 Å². The molecule has 0 aliphatic heterocycles. The minimum absolute atomic E-state index is 0.0954. The number of carbonyl (C=O) groups is 1. The van der Waals surface area contributed by atoms with Gasteiger partial charge < -0.3 is 16.0 Å². The summed E-state index contributed by atoms with van der Waals surface area (Å²) in [4.78, 5) is 17.8. The quantitative estimate of drug-likeness (QED) is 0.699. The topological polar surface area (TPSA) is 71.2 Å². The second-order valence-corrected chi connectivity index (χ2v) is 10.8. The summed E-state index contributed by atoms with van der Waals surface area (Å²) < 4.78 is 42.1. The molecule has 0 radical (unpaired) electrons. The number of halogens is 3. The van der Waals surface area contributed by atoms with E-state index in [1.54, 1.807) is 6.07 Å². The molecule has 1 amide bonds.